The molecule has 1 aliphatic carbocycles. The number of aliphatic hydroxyl groups is 1. The standard InChI is InChI=1S/C16H22ClNO2S/c17-14-7-5-12(6-8-14)10-21-11-16(20)18-15-4-2-1-3-13(15)9-19/h5-8,13,15,19H,1-4,9-11H2,(H,18,20). The van der Waals surface area contributed by atoms with Crippen LogP contribution in [0.15, 0.2) is 24.3 Å². The second kappa shape index (κ2) is 8.66. The van der Waals surface area contributed by atoms with E-state index in [-0.39, 0.29) is 24.5 Å². The van der Waals surface area contributed by atoms with Crippen LogP contribution in [0.1, 0.15) is 31.2 Å². The van der Waals surface area contributed by atoms with Crippen molar-refractivity contribution in [2.75, 3.05) is 12.4 Å². The van der Waals surface area contributed by atoms with Crippen LogP contribution in [0.25, 0.3) is 0 Å². The van der Waals surface area contributed by atoms with E-state index in [9.17, 15) is 9.90 Å². The Bertz CT molecular complexity index is 452. The molecule has 116 valence electrons. The number of rotatable bonds is 6. The van der Waals surface area contributed by atoms with Gasteiger partial charge in [0.25, 0.3) is 0 Å². The fourth-order valence-corrected chi connectivity index (χ4v) is 3.63. The van der Waals surface area contributed by atoms with Crippen LogP contribution < -0.4 is 5.32 Å². The molecule has 1 aromatic carbocycles. The molecule has 21 heavy (non-hydrogen) atoms. The maximum Gasteiger partial charge on any atom is 0.230 e. The van der Waals surface area contributed by atoms with Gasteiger partial charge >= 0.3 is 0 Å². The lowest BCUT2D eigenvalue weighted by molar-refractivity contribution is -0.120. The molecule has 2 rings (SSSR count). The van der Waals surface area contributed by atoms with Crippen LogP contribution in [0.4, 0.5) is 0 Å². The number of carbonyl (C=O) groups is 1. The minimum absolute atomic E-state index is 0.0688. The largest absolute Gasteiger partial charge is 0.396 e. The van der Waals surface area contributed by atoms with E-state index in [1.54, 1.807) is 11.8 Å². The van der Waals surface area contributed by atoms with Crippen LogP contribution in [-0.2, 0) is 10.5 Å². The number of aliphatic hydroxyl groups excluding tert-OH is 1. The summed E-state index contributed by atoms with van der Waals surface area (Å²) < 4.78 is 0. The Morgan fingerprint density at radius 1 is 1.29 bits per heavy atom. The first-order chi connectivity index (χ1) is 10.2. The average Bonchev–Trinajstić information content (AvgIpc) is 2.50. The predicted octanol–water partition coefficient (Wildman–Crippen LogP) is 3.24. The Labute approximate surface area is 135 Å². The van der Waals surface area contributed by atoms with E-state index in [0.717, 1.165) is 36.5 Å². The van der Waals surface area contributed by atoms with Crippen molar-refractivity contribution in [2.45, 2.75) is 37.5 Å². The normalized spacial score (nSPS) is 22.0. The maximum atomic E-state index is 12.0. The molecule has 1 saturated carbocycles. The second-order valence-electron chi connectivity index (χ2n) is 5.52. The van der Waals surface area contributed by atoms with Crippen LogP contribution in [0.5, 0.6) is 0 Å². The van der Waals surface area contributed by atoms with Crippen LogP contribution in [0.2, 0.25) is 5.02 Å². The molecule has 0 bridgehead atoms. The highest BCUT2D eigenvalue weighted by Crippen LogP contribution is 2.24. The molecule has 2 unspecified atom stereocenters. The summed E-state index contributed by atoms with van der Waals surface area (Å²) in [4.78, 5) is 12.0. The van der Waals surface area contributed by atoms with Crippen LogP contribution in [0.3, 0.4) is 0 Å². The quantitative estimate of drug-likeness (QED) is 0.843. The van der Waals surface area contributed by atoms with Crippen molar-refractivity contribution in [1.82, 2.24) is 5.32 Å². The Hall–Kier alpha value is -0.710. The molecule has 0 aromatic heterocycles. The minimum Gasteiger partial charge on any atom is -0.396 e. The first-order valence-electron chi connectivity index (χ1n) is 7.41. The molecule has 1 aliphatic rings. The second-order valence-corrected chi connectivity index (χ2v) is 6.94. The number of thioether (sulfide) groups is 1. The molecular weight excluding hydrogens is 306 g/mol. The molecule has 0 saturated heterocycles. The van der Waals surface area contributed by atoms with Gasteiger partial charge in [0.2, 0.25) is 5.91 Å². The summed E-state index contributed by atoms with van der Waals surface area (Å²) in [7, 11) is 0. The van der Waals surface area contributed by atoms with Crippen molar-refractivity contribution >= 4 is 29.3 Å². The highest BCUT2D eigenvalue weighted by atomic mass is 35.5. The van der Waals surface area contributed by atoms with Crippen LogP contribution in [-0.4, -0.2) is 29.4 Å². The fraction of sp³-hybridized carbons (Fsp3) is 0.562. The third-order valence-electron chi connectivity index (χ3n) is 3.91. The highest BCUT2D eigenvalue weighted by Gasteiger charge is 2.25. The van der Waals surface area contributed by atoms with Gasteiger partial charge < -0.3 is 10.4 Å². The zero-order valence-electron chi connectivity index (χ0n) is 12.1. The van der Waals surface area contributed by atoms with E-state index in [0.29, 0.717) is 5.75 Å². The zero-order valence-corrected chi connectivity index (χ0v) is 13.6. The number of hydrogen-bond acceptors (Lipinski definition) is 3. The van der Waals surface area contributed by atoms with Gasteiger partial charge in [0.15, 0.2) is 0 Å². The van der Waals surface area contributed by atoms with Gasteiger partial charge in [0, 0.05) is 29.3 Å². The van der Waals surface area contributed by atoms with E-state index in [1.165, 1.54) is 5.56 Å². The molecule has 1 fully saturated rings. The summed E-state index contributed by atoms with van der Waals surface area (Å²) in [6.07, 6.45) is 4.29. The highest BCUT2D eigenvalue weighted by molar-refractivity contribution is 7.99. The lowest BCUT2D eigenvalue weighted by atomic mass is 9.85. The molecule has 1 aromatic rings. The summed E-state index contributed by atoms with van der Waals surface area (Å²) in [5, 5.41) is 13.2. The van der Waals surface area contributed by atoms with Crippen molar-refractivity contribution in [3.63, 3.8) is 0 Å². The van der Waals surface area contributed by atoms with Crippen molar-refractivity contribution < 1.29 is 9.90 Å². The van der Waals surface area contributed by atoms with Crippen molar-refractivity contribution in [2.24, 2.45) is 5.92 Å². The molecule has 0 spiro atoms. The van der Waals surface area contributed by atoms with Gasteiger partial charge in [0.1, 0.15) is 0 Å². The first kappa shape index (κ1) is 16.7. The Morgan fingerprint density at radius 3 is 2.71 bits per heavy atom. The molecule has 3 nitrogen and oxygen atoms in total. The Kier molecular flexibility index (Phi) is 6.87. The van der Waals surface area contributed by atoms with Gasteiger partial charge in [-0.15, -0.1) is 11.8 Å². The Balaban J connectivity index is 1.70. The number of halogens is 1. The minimum atomic E-state index is 0.0688. The lowest BCUT2D eigenvalue weighted by Gasteiger charge is -2.30. The van der Waals surface area contributed by atoms with Gasteiger partial charge in [-0.2, -0.15) is 0 Å². The fourth-order valence-electron chi connectivity index (χ4n) is 2.71. The molecule has 2 atom stereocenters. The first-order valence-corrected chi connectivity index (χ1v) is 8.94. The topological polar surface area (TPSA) is 49.3 Å². The number of hydrogen-bond donors (Lipinski definition) is 2. The summed E-state index contributed by atoms with van der Waals surface area (Å²) in [5.74, 6) is 1.55. The molecule has 0 aliphatic heterocycles. The van der Waals surface area contributed by atoms with E-state index in [1.807, 2.05) is 24.3 Å². The average molecular weight is 328 g/mol. The van der Waals surface area contributed by atoms with Gasteiger partial charge in [0.05, 0.1) is 5.75 Å². The molecule has 1 amide bonds. The Morgan fingerprint density at radius 2 is 2.00 bits per heavy atom. The predicted molar refractivity (Wildman–Crippen MR) is 88.6 cm³/mol. The molecule has 0 heterocycles. The van der Waals surface area contributed by atoms with Crippen molar-refractivity contribution in [3.8, 4) is 0 Å². The molecule has 0 radical (unpaired) electrons. The summed E-state index contributed by atoms with van der Waals surface area (Å²) >= 11 is 7.44. The molecule has 2 N–H and O–H groups in total. The van der Waals surface area contributed by atoms with Crippen molar-refractivity contribution in [3.05, 3.63) is 34.9 Å². The van der Waals surface area contributed by atoms with Crippen LogP contribution >= 0.6 is 23.4 Å². The van der Waals surface area contributed by atoms with E-state index < -0.39 is 0 Å². The summed E-state index contributed by atoms with van der Waals surface area (Å²) in [6.45, 7) is 0.170. The monoisotopic (exact) mass is 327 g/mol. The zero-order chi connectivity index (χ0) is 15.1. The van der Waals surface area contributed by atoms with E-state index in [4.69, 9.17) is 11.6 Å². The number of nitrogens with one attached hydrogen (secondary N) is 1. The lowest BCUT2D eigenvalue weighted by Crippen LogP contribution is -2.44. The van der Waals surface area contributed by atoms with E-state index in [2.05, 4.69) is 5.32 Å². The summed E-state index contributed by atoms with van der Waals surface area (Å²) in [5.41, 5.74) is 1.17. The SMILES string of the molecule is O=C(CSCc1ccc(Cl)cc1)NC1CCCCC1CO. The van der Waals surface area contributed by atoms with E-state index >= 15 is 0 Å². The van der Waals surface area contributed by atoms with Gasteiger partial charge in [-0.1, -0.05) is 36.6 Å². The maximum absolute atomic E-state index is 12.0. The number of benzene rings is 1. The summed E-state index contributed by atoms with van der Waals surface area (Å²) in [6, 6.07) is 7.84. The number of amides is 1. The number of carbonyl (C=O) groups excluding carboxylic acids is 1. The molecular formula is C16H22ClNO2S. The molecule has 5 heteroatoms. The van der Waals surface area contributed by atoms with Gasteiger partial charge in [-0.25, -0.2) is 0 Å². The van der Waals surface area contributed by atoms with Crippen LogP contribution in [0, 0.1) is 5.92 Å². The smallest absolute Gasteiger partial charge is 0.230 e. The van der Waals surface area contributed by atoms with Gasteiger partial charge in [-0.3, -0.25) is 4.79 Å². The third kappa shape index (κ3) is 5.53. The van der Waals surface area contributed by atoms with Crippen molar-refractivity contribution in [1.29, 1.82) is 0 Å². The third-order valence-corrected chi connectivity index (χ3v) is 5.16. The van der Waals surface area contributed by atoms with Gasteiger partial charge in [-0.05, 0) is 30.5 Å².